The number of aliphatic hydroxyl groups excluding tert-OH is 1. The van der Waals surface area contributed by atoms with Gasteiger partial charge in [0.2, 0.25) is 5.91 Å². The van der Waals surface area contributed by atoms with E-state index in [1.807, 2.05) is 5.32 Å². The molecule has 0 aliphatic heterocycles. The molecule has 1 aliphatic carbocycles. The Labute approximate surface area is 118 Å². The summed E-state index contributed by atoms with van der Waals surface area (Å²) in [5.74, 6) is -4.02. The summed E-state index contributed by atoms with van der Waals surface area (Å²) in [4.78, 5) is 23.4. The first-order valence-electron chi connectivity index (χ1n) is 6.09. The second-order valence-corrected chi connectivity index (χ2v) is 5.71. The molecular formula is C12H14F2N2O3S. The number of amides is 2. The maximum atomic E-state index is 12.8. The van der Waals surface area contributed by atoms with Crippen molar-refractivity contribution in [1.82, 2.24) is 5.32 Å². The van der Waals surface area contributed by atoms with Crippen molar-refractivity contribution in [1.29, 1.82) is 0 Å². The van der Waals surface area contributed by atoms with Crippen molar-refractivity contribution in [3.8, 4) is 0 Å². The number of thiophene rings is 1. The number of rotatable bonds is 6. The zero-order valence-corrected chi connectivity index (χ0v) is 11.3. The van der Waals surface area contributed by atoms with Gasteiger partial charge in [0, 0.05) is 5.92 Å². The summed E-state index contributed by atoms with van der Waals surface area (Å²) < 4.78 is 25.6. The third kappa shape index (κ3) is 3.97. The molecule has 0 atom stereocenters. The molecule has 8 heteroatoms. The molecule has 1 fully saturated rings. The second kappa shape index (κ2) is 5.84. The second-order valence-electron chi connectivity index (χ2n) is 4.62. The molecule has 110 valence electrons. The minimum atomic E-state index is -3.34. The summed E-state index contributed by atoms with van der Waals surface area (Å²) in [6, 6.07) is 3.02. The van der Waals surface area contributed by atoms with Crippen molar-refractivity contribution in [2.24, 2.45) is 5.92 Å². The molecule has 0 unspecified atom stereocenters. The van der Waals surface area contributed by atoms with Crippen LogP contribution in [0.15, 0.2) is 12.1 Å². The van der Waals surface area contributed by atoms with Gasteiger partial charge in [0.25, 0.3) is 11.8 Å². The zero-order valence-electron chi connectivity index (χ0n) is 10.5. The molecule has 1 heterocycles. The predicted octanol–water partition coefficient (Wildman–Crippen LogP) is 1.45. The topological polar surface area (TPSA) is 78.4 Å². The van der Waals surface area contributed by atoms with Gasteiger partial charge in [-0.25, -0.2) is 8.78 Å². The Bertz CT molecular complexity index is 515. The highest BCUT2D eigenvalue weighted by Gasteiger charge is 2.30. The summed E-state index contributed by atoms with van der Waals surface area (Å²) in [6.45, 7) is -2.25. The Morgan fingerprint density at radius 1 is 1.40 bits per heavy atom. The molecule has 0 radical (unpaired) electrons. The van der Waals surface area contributed by atoms with Gasteiger partial charge in [-0.05, 0) is 25.0 Å². The van der Waals surface area contributed by atoms with Crippen LogP contribution in [0.3, 0.4) is 0 Å². The predicted molar refractivity (Wildman–Crippen MR) is 70.0 cm³/mol. The third-order valence-electron chi connectivity index (χ3n) is 2.76. The van der Waals surface area contributed by atoms with E-state index in [-0.39, 0.29) is 16.7 Å². The van der Waals surface area contributed by atoms with Crippen LogP contribution < -0.4 is 10.6 Å². The van der Waals surface area contributed by atoms with Crippen molar-refractivity contribution in [2.75, 3.05) is 18.5 Å². The van der Waals surface area contributed by atoms with Gasteiger partial charge in [-0.3, -0.25) is 9.59 Å². The van der Waals surface area contributed by atoms with Gasteiger partial charge >= 0.3 is 0 Å². The molecular weight excluding hydrogens is 290 g/mol. The standard InChI is InChI=1S/C12H14F2N2O3S/c13-12(14,6-17)5-15-11(19)8-3-4-9(20-8)16-10(18)7-1-2-7/h3-4,7,17H,1-2,5-6H2,(H,15,19)(H,16,18). The quantitative estimate of drug-likeness (QED) is 0.744. The molecule has 5 nitrogen and oxygen atoms in total. The summed E-state index contributed by atoms with van der Waals surface area (Å²) in [5.41, 5.74) is 0. The molecule has 1 saturated carbocycles. The fourth-order valence-corrected chi connectivity index (χ4v) is 2.27. The first kappa shape index (κ1) is 14.9. The van der Waals surface area contributed by atoms with Gasteiger partial charge in [-0.1, -0.05) is 0 Å². The van der Waals surface area contributed by atoms with E-state index in [9.17, 15) is 18.4 Å². The number of carbonyl (C=O) groups is 2. The number of alkyl halides is 2. The van der Waals surface area contributed by atoms with Crippen LogP contribution in [0.25, 0.3) is 0 Å². The van der Waals surface area contributed by atoms with Crippen molar-refractivity contribution in [2.45, 2.75) is 18.8 Å². The van der Waals surface area contributed by atoms with Crippen molar-refractivity contribution < 1.29 is 23.5 Å². The Morgan fingerprint density at radius 2 is 2.10 bits per heavy atom. The van der Waals surface area contributed by atoms with Crippen LogP contribution in [0.4, 0.5) is 13.8 Å². The fraction of sp³-hybridized carbons (Fsp3) is 0.500. The minimum Gasteiger partial charge on any atom is -0.390 e. The summed E-state index contributed by atoms with van der Waals surface area (Å²) in [6.07, 6.45) is 1.75. The SMILES string of the molecule is O=C(NCC(F)(F)CO)c1ccc(NC(=O)C2CC2)s1. The van der Waals surface area contributed by atoms with Gasteiger partial charge in [0.05, 0.1) is 16.4 Å². The first-order valence-corrected chi connectivity index (χ1v) is 6.90. The summed E-state index contributed by atoms with van der Waals surface area (Å²) >= 11 is 1.02. The molecule has 3 N–H and O–H groups in total. The van der Waals surface area contributed by atoms with Crippen molar-refractivity contribution >= 4 is 28.2 Å². The molecule has 0 saturated heterocycles. The van der Waals surface area contributed by atoms with Crippen LogP contribution >= 0.6 is 11.3 Å². The zero-order chi connectivity index (χ0) is 14.8. The largest absolute Gasteiger partial charge is 0.390 e. The fourth-order valence-electron chi connectivity index (χ4n) is 1.45. The van der Waals surface area contributed by atoms with E-state index in [2.05, 4.69) is 5.32 Å². The van der Waals surface area contributed by atoms with Crippen LogP contribution in [0, 0.1) is 5.92 Å². The summed E-state index contributed by atoms with van der Waals surface area (Å²) in [7, 11) is 0. The molecule has 2 rings (SSSR count). The molecule has 0 spiro atoms. The smallest absolute Gasteiger partial charge is 0.287 e. The monoisotopic (exact) mass is 304 g/mol. The van der Waals surface area contributed by atoms with Crippen LogP contribution in [0.2, 0.25) is 0 Å². The number of hydrogen-bond donors (Lipinski definition) is 3. The van der Waals surface area contributed by atoms with Crippen LogP contribution in [-0.2, 0) is 4.79 Å². The molecule has 0 bridgehead atoms. The van der Waals surface area contributed by atoms with E-state index in [1.165, 1.54) is 6.07 Å². The lowest BCUT2D eigenvalue weighted by molar-refractivity contribution is -0.117. The average Bonchev–Trinajstić information content (AvgIpc) is 3.17. The average molecular weight is 304 g/mol. The molecule has 0 aromatic carbocycles. The highest BCUT2D eigenvalue weighted by Crippen LogP contribution is 2.31. The van der Waals surface area contributed by atoms with Crippen molar-refractivity contribution in [3.63, 3.8) is 0 Å². The molecule has 2 amide bonds. The normalized spacial score (nSPS) is 14.9. The maximum Gasteiger partial charge on any atom is 0.287 e. The highest BCUT2D eigenvalue weighted by atomic mass is 32.1. The number of halogens is 2. The van der Waals surface area contributed by atoms with E-state index in [1.54, 1.807) is 6.07 Å². The Morgan fingerprint density at radius 3 is 2.70 bits per heavy atom. The lowest BCUT2D eigenvalue weighted by Crippen LogP contribution is -2.38. The summed E-state index contributed by atoms with van der Waals surface area (Å²) in [5, 5.41) is 13.6. The Kier molecular flexibility index (Phi) is 4.34. The number of anilines is 1. The van der Waals surface area contributed by atoms with Crippen LogP contribution in [0.5, 0.6) is 0 Å². The third-order valence-corrected chi connectivity index (χ3v) is 3.76. The number of aliphatic hydroxyl groups is 1. The van der Waals surface area contributed by atoms with E-state index >= 15 is 0 Å². The first-order chi connectivity index (χ1) is 9.41. The van der Waals surface area contributed by atoms with Gasteiger partial charge < -0.3 is 15.7 Å². The van der Waals surface area contributed by atoms with Crippen LogP contribution in [0.1, 0.15) is 22.5 Å². The highest BCUT2D eigenvalue weighted by molar-refractivity contribution is 7.18. The number of nitrogens with one attached hydrogen (secondary N) is 2. The Balaban J connectivity index is 1.87. The van der Waals surface area contributed by atoms with E-state index in [4.69, 9.17) is 5.11 Å². The van der Waals surface area contributed by atoms with Crippen LogP contribution in [-0.4, -0.2) is 36.0 Å². The van der Waals surface area contributed by atoms with Gasteiger partial charge in [0.15, 0.2) is 0 Å². The van der Waals surface area contributed by atoms with Gasteiger partial charge in [0.1, 0.15) is 6.61 Å². The molecule has 1 aromatic heterocycles. The molecule has 1 aliphatic rings. The molecule has 1 aromatic rings. The van der Waals surface area contributed by atoms with E-state index in [0.717, 1.165) is 24.2 Å². The lowest BCUT2D eigenvalue weighted by Gasteiger charge is -2.13. The van der Waals surface area contributed by atoms with Gasteiger partial charge in [-0.2, -0.15) is 0 Å². The number of hydrogen-bond acceptors (Lipinski definition) is 4. The van der Waals surface area contributed by atoms with Gasteiger partial charge in [-0.15, -0.1) is 11.3 Å². The van der Waals surface area contributed by atoms with Crippen molar-refractivity contribution in [3.05, 3.63) is 17.0 Å². The molecule has 20 heavy (non-hydrogen) atoms. The lowest BCUT2D eigenvalue weighted by atomic mass is 10.3. The van der Waals surface area contributed by atoms with E-state index < -0.39 is 25.0 Å². The number of carbonyl (C=O) groups excluding carboxylic acids is 2. The maximum absolute atomic E-state index is 12.8. The Hall–Kier alpha value is -1.54. The van der Waals surface area contributed by atoms with E-state index in [0.29, 0.717) is 5.00 Å². The minimum absolute atomic E-state index is 0.0534.